The van der Waals surface area contributed by atoms with Crippen LogP contribution in [0.3, 0.4) is 0 Å². The van der Waals surface area contributed by atoms with Gasteiger partial charge in [0.05, 0.1) is 30.2 Å². The zero-order valence-corrected chi connectivity index (χ0v) is 16.4. The van der Waals surface area contributed by atoms with Crippen molar-refractivity contribution in [3.05, 3.63) is 35.9 Å². The largest absolute Gasteiger partial charge is 0.447 e. The lowest BCUT2D eigenvalue weighted by Crippen LogP contribution is -2.62. The van der Waals surface area contributed by atoms with Crippen LogP contribution in [0.15, 0.2) is 30.3 Å². The molecule has 1 N–H and O–H groups in total. The number of hydrogen-bond donors (Lipinski definition) is 1. The monoisotopic (exact) mass is 388 g/mol. The summed E-state index contributed by atoms with van der Waals surface area (Å²) in [5.41, 5.74) is -2.28. The van der Waals surface area contributed by atoms with Gasteiger partial charge in [-0.1, -0.05) is 49.6 Å². The van der Waals surface area contributed by atoms with Gasteiger partial charge in [-0.3, -0.25) is 5.41 Å². The molecular weight excluding hydrogens is 364 g/mol. The molecule has 3 fully saturated rings. The molecule has 2 saturated heterocycles. The molecular formula is C23H24N4O2. The first kappa shape index (κ1) is 19.4. The van der Waals surface area contributed by atoms with E-state index in [1.165, 1.54) is 0 Å². The fraction of sp³-hybridized carbons (Fsp3) is 0.565. The molecule has 0 radical (unpaired) electrons. The predicted molar refractivity (Wildman–Crippen MR) is 104 cm³/mol. The van der Waals surface area contributed by atoms with Gasteiger partial charge in [0.2, 0.25) is 11.7 Å². The van der Waals surface area contributed by atoms with Gasteiger partial charge in [-0.25, -0.2) is 0 Å². The average molecular weight is 388 g/mol. The van der Waals surface area contributed by atoms with E-state index in [9.17, 15) is 15.8 Å². The van der Waals surface area contributed by atoms with Crippen LogP contribution in [0.1, 0.15) is 50.5 Å². The van der Waals surface area contributed by atoms with Crippen molar-refractivity contribution in [2.75, 3.05) is 0 Å². The topological polar surface area (TPSA) is 114 Å². The molecule has 4 rings (SSSR count). The van der Waals surface area contributed by atoms with Gasteiger partial charge in [0.25, 0.3) is 0 Å². The molecule has 29 heavy (non-hydrogen) atoms. The van der Waals surface area contributed by atoms with Crippen molar-refractivity contribution in [1.82, 2.24) is 0 Å². The van der Waals surface area contributed by atoms with Gasteiger partial charge in [0.15, 0.2) is 10.8 Å². The molecule has 6 heteroatoms. The molecule has 1 aliphatic carbocycles. The Morgan fingerprint density at radius 3 is 2.41 bits per heavy atom. The fourth-order valence-corrected chi connectivity index (χ4v) is 5.53. The van der Waals surface area contributed by atoms with E-state index in [-0.39, 0.29) is 5.90 Å². The van der Waals surface area contributed by atoms with E-state index < -0.39 is 28.6 Å². The Hall–Kier alpha value is -2.88. The van der Waals surface area contributed by atoms with E-state index in [2.05, 4.69) is 18.2 Å². The Labute approximate surface area is 171 Å². The minimum absolute atomic E-state index is 0.266. The Balaban J connectivity index is 1.79. The third-order valence-electron chi connectivity index (χ3n) is 6.97. The molecule has 1 saturated carbocycles. The fourth-order valence-electron chi connectivity index (χ4n) is 5.53. The highest BCUT2D eigenvalue weighted by atomic mass is 16.7. The maximum Gasteiger partial charge on any atom is 0.217 e. The summed E-state index contributed by atoms with van der Waals surface area (Å²) in [4.78, 5) is 0. The minimum Gasteiger partial charge on any atom is -0.447 e. The minimum atomic E-state index is -1.77. The van der Waals surface area contributed by atoms with E-state index in [1.54, 1.807) is 0 Å². The summed E-state index contributed by atoms with van der Waals surface area (Å²) in [6.07, 6.45) is 5.27. The third kappa shape index (κ3) is 2.58. The van der Waals surface area contributed by atoms with Gasteiger partial charge >= 0.3 is 0 Å². The molecule has 3 aliphatic rings. The zero-order valence-electron chi connectivity index (χ0n) is 16.4. The molecule has 1 aromatic rings. The number of nitrogens with zero attached hydrogens (tertiary/aromatic N) is 3. The first-order valence-electron chi connectivity index (χ1n) is 10.3. The quantitative estimate of drug-likeness (QED) is 0.832. The summed E-state index contributed by atoms with van der Waals surface area (Å²) in [5.74, 6) is -1.82. The Bertz CT molecular complexity index is 911. The van der Waals surface area contributed by atoms with Crippen molar-refractivity contribution in [1.29, 1.82) is 21.2 Å². The van der Waals surface area contributed by atoms with Crippen LogP contribution < -0.4 is 0 Å². The van der Waals surface area contributed by atoms with Gasteiger partial charge in [-0.05, 0) is 31.2 Å². The number of ether oxygens (including phenoxy) is 2. The second kappa shape index (κ2) is 7.18. The van der Waals surface area contributed by atoms with E-state index in [1.807, 2.05) is 30.3 Å². The molecule has 4 unspecified atom stereocenters. The van der Waals surface area contributed by atoms with Crippen molar-refractivity contribution in [3.8, 4) is 18.2 Å². The highest BCUT2D eigenvalue weighted by Gasteiger charge is 2.79. The van der Waals surface area contributed by atoms with Crippen molar-refractivity contribution < 1.29 is 9.47 Å². The summed E-state index contributed by atoms with van der Waals surface area (Å²) < 4.78 is 12.4. The molecule has 0 spiro atoms. The highest BCUT2D eigenvalue weighted by Crippen LogP contribution is 2.65. The van der Waals surface area contributed by atoms with Crippen LogP contribution in [0.25, 0.3) is 0 Å². The summed E-state index contributed by atoms with van der Waals surface area (Å²) in [6.45, 7) is 0. The maximum atomic E-state index is 10.3. The van der Waals surface area contributed by atoms with Gasteiger partial charge in [-0.2, -0.15) is 15.8 Å². The molecule has 2 heterocycles. The molecule has 0 amide bonds. The van der Waals surface area contributed by atoms with Crippen molar-refractivity contribution in [2.45, 2.75) is 63.3 Å². The SMILES string of the molecule is N#CC1(C#N)C(CCc2ccccc2)OC23CCCCCCC2C1(C#N)C(=N)O3. The van der Waals surface area contributed by atoms with Crippen molar-refractivity contribution in [2.24, 2.45) is 16.7 Å². The molecule has 2 bridgehead atoms. The molecule has 1 aromatic carbocycles. The number of nitrogens with one attached hydrogen (secondary N) is 1. The van der Waals surface area contributed by atoms with Crippen molar-refractivity contribution in [3.63, 3.8) is 0 Å². The van der Waals surface area contributed by atoms with Crippen LogP contribution in [0.4, 0.5) is 0 Å². The normalized spacial score (nSPS) is 35.0. The first-order chi connectivity index (χ1) is 14.1. The van der Waals surface area contributed by atoms with Crippen LogP contribution in [0.2, 0.25) is 0 Å². The van der Waals surface area contributed by atoms with Crippen LogP contribution in [-0.4, -0.2) is 17.8 Å². The maximum absolute atomic E-state index is 10.3. The smallest absolute Gasteiger partial charge is 0.217 e. The van der Waals surface area contributed by atoms with Crippen LogP contribution >= 0.6 is 0 Å². The number of nitriles is 3. The van der Waals surface area contributed by atoms with E-state index in [0.29, 0.717) is 25.7 Å². The second-order valence-electron chi connectivity index (χ2n) is 8.33. The summed E-state index contributed by atoms with van der Waals surface area (Å²) >= 11 is 0. The van der Waals surface area contributed by atoms with E-state index in [4.69, 9.17) is 14.9 Å². The van der Waals surface area contributed by atoms with Crippen LogP contribution in [-0.2, 0) is 15.9 Å². The molecule has 0 aromatic heterocycles. The number of hydrogen-bond acceptors (Lipinski definition) is 6. The van der Waals surface area contributed by atoms with E-state index in [0.717, 1.165) is 31.2 Å². The molecule has 4 atom stereocenters. The molecule has 6 nitrogen and oxygen atoms in total. The molecule has 148 valence electrons. The average Bonchev–Trinajstić information content (AvgIpc) is 2.90. The Morgan fingerprint density at radius 2 is 1.72 bits per heavy atom. The standard InChI is InChI=1S/C23H24N4O2/c24-14-21(15-25)19(12-11-17-8-4-3-5-9-17)28-23-13-7-2-1-6-10-18(23)22(21,16-26)20(27)29-23/h3-5,8-9,18-19,27H,1-2,6-7,10-13H2. The predicted octanol–water partition coefficient (Wildman–Crippen LogP) is 4.24. The third-order valence-corrected chi connectivity index (χ3v) is 6.97. The summed E-state index contributed by atoms with van der Waals surface area (Å²) in [7, 11) is 0. The van der Waals surface area contributed by atoms with Gasteiger partial charge in [-0.15, -0.1) is 0 Å². The Morgan fingerprint density at radius 1 is 1.00 bits per heavy atom. The number of rotatable bonds is 3. The van der Waals surface area contributed by atoms with Gasteiger partial charge < -0.3 is 9.47 Å². The molecule has 2 aliphatic heterocycles. The van der Waals surface area contributed by atoms with Gasteiger partial charge in [0.1, 0.15) is 0 Å². The highest BCUT2D eigenvalue weighted by molar-refractivity contribution is 5.89. The van der Waals surface area contributed by atoms with Crippen LogP contribution in [0.5, 0.6) is 0 Å². The zero-order chi connectivity index (χ0) is 20.5. The number of benzene rings is 1. The lowest BCUT2D eigenvalue weighted by Gasteiger charge is -2.50. The lowest BCUT2D eigenvalue weighted by atomic mass is 9.52. The second-order valence-corrected chi connectivity index (χ2v) is 8.33. The van der Waals surface area contributed by atoms with Crippen molar-refractivity contribution >= 4 is 5.90 Å². The number of aryl methyl sites for hydroxylation is 1. The Kier molecular flexibility index (Phi) is 4.81. The summed E-state index contributed by atoms with van der Waals surface area (Å²) in [5, 5.41) is 39.3. The van der Waals surface area contributed by atoms with Crippen LogP contribution in [0, 0.1) is 56.2 Å². The lowest BCUT2D eigenvalue weighted by molar-refractivity contribution is -0.286. The first-order valence-corrected chi connectivity index (χ1v) is 10.3. The van der Waals surface area contributed by atoms with Gasteiger partial charge in [0, 0.05) is 6.42 Å². The van der Waals surface area contributed by atoms with E-state index >= 15 is 0 Å². The summed E-state index contributed by atoms with van der Waals surface area (Å²) in [6, 6.07) is 16.3.